The molecule has 0 aliphatic heterocycles. The first-order valence-electron chi connectivity index (χ1n) is 12.2. The molecule has 0 atom stereocenters. The molecule has 1 aromatic carbocycles. The van der Waals surface area contributed by atoms with Crippen LogP contribution in [0.3, 0.4) is 0 Å². The summed E-state index contributed by atoms with van der Waals surface area (Å²) in [4.78, 5) is 25.5. The van der Waals surface area contributed by atoms with Crippen LogP contribution in [0.1, 0.15) is 21.6 Å². The minimum Gasteiger partial charge on any atom is -0.464 e. The number of methoxy groups -OCH3 is 1. The molecule has 0 amide bonds. The number of fused-ring (bicyclic) bond motifs is 1. The number of benzene rings is 1. The van der Waals surface area contributed by atoms with E-state index in [9.17, 15) is 9.59 Å². The number of esters is 1. The average molecular weight is 523 g/mol. The molecule has 3 heterocycles. The van der Waals surface area contributed by atoms with Crippen molar-refractivity contribution >= 4 is 24.9 Å². The Morgan fingerprint density at radius 3 is 2.46 bits per heavy atom. The van der Waals surface area contributed by atoms with Crippen molar-refractivity contribution in [3.05, 3.63) is 69.9 Å². The maximum absolute atomic E-state index is 13.2. The third-order valence-electron chi connectivity index (χ3n) is 6.22. The van der Waals surface area contributed by atoms with E-state index in [4.69, 9.17) is 14.2 Å². The summed E-state index contributed by atoms with van der Waals surface area (Å²) in [5.41, 5.74) is 2.91. The zero-order valence-corrected chi connectivity index (χ0v) is 23.5. The number of carbonyl (C=O) groups is 1. The molecular formula is C27H34N4O5Si. The van der Waals surface area contributed by atoms with Gasteiger partial charge in [0.15, 0.2) is 5.69 Å². The van der Waals surface area contributed by atoms with Gasteiger partial charge in [0.25, 0.3) is 5.56 Å². The molecule has 4 aromatic rings. The molecule has 0 spiro atoms. The van der Waals surface area contributed by atoms with Gasteiger partial charge in [0.1, 0.15) is 18.0 Å². The molecule has 196 valence electrons. The lowest BCUT2D eigenvalue weighted by Crippen LogP contribution is -2.23. The van der Waals surface area contributed by atoms with E-state index in [2.05, 4.69) is 24.7 Å². The molecule has 0 radical (unpaired) electrons. The molecule has 0 unspecified atom stereocenters. The highest BCUT2D eigenvalue weighted by atomic mass is 28.3. The molecular weight excluding hydrogens is 488 g/mol. The number of hydrogen-bond donors (Lipinski definition) is 0. The van der Waals surface area contributed by atoms with Crippen LogP contribution in [-0.2, 0) is 23.3 Å². The van der Waals surface area contributed by atoms with E-state index >= 15 is 0 Å². The summed E-state index contributed by atoms with van der Waals surface area (Å²) >= 11 is 0. The van der Waals surface area contributed by atoms with Crippen molar-refractivity contribution in [2.45, 2.75) is 46.3 Å². The summed E-state index contributed by atoms with van der Waals surface area (Å²) in [6, 6.07) is 10.3. The molecule has 10 heteroatoms. The van der Waals surface area contributed by atoms with Crippen LogP contribution in [-0.4, -0.2) is 46.7 Å². The van der Waals surface area contributed by atoms with E-state index < -0.39 is 14.0 Å². The van der Waals surface area contributed by atoms with Crippen molar-refractivity contribution < 1.29 is 19.0 Å². The number of carbonyl (C=O) groups excluding carboxylic acids is 1. The van der Waals surface area contributed by atoms with Gasteiger partial charge in [0.05, 0.1) is 12.8 Å². The molecule has 0 aliphatic carbocycles. The molecule has 37 heavy (non-hydrogen) atoms. The lowest BCUT2D eigenvalue weighted by molar-refractivity contribution is 0.0593. The molecule has 0 aliphatic rings. The highest BCUT2D eigenvalue weighted by Gasteiger charge is 2.22. The highest BCUT2D eigenvalue weighted by Crippen LogP contribution is 2.32. The molecule has 0 bridgehead atoms. The van der Waals surface area contributed by atoms with Crippen LogP contribution in [0.2, 0.25) is 25.7 Å². The second kappa shape index (κ2) is 10.4. The Balaban J connectivity index is 1.81. The monoisotopic (exact) mass is 522 g/mol. The predicted molar refractivity (Wildman–Crippen MR) is 146 cm³/mol. The standard InChI is InChI=1S/C27H34N4O5Si/c1-18-9-8-10-19(2)25(18)36-23-15-21(27(33)34-4)28-31(23)22-16-29(3)26(32)24-20(22)11-12-30(24)17-35-13-14-37(5,6)7/h8-12,15-16H,13-14,17H2,1-7H3. The maximum atomic E-state index is 13.2. The van der Waals surface area contributed by atoms with Gasteiger partial charge in [-0.05, 0) is 37.1 Å². The van der Waals surface area contributed by atoms with E-state index in [1.54, 1.807) is 19.3 Å². The average Bonchev–Trinajstić information content (AvgIpc) is 3.45. The minimum absolute atomic E-state index is 0.0971. The summed E-state index contributed by atoms with van der Waals surface area (Å²) in [5, 5.41) is 5.17. The van der Waals surface area contributed by atoms with Crippen molar-refractivity contribution in [3.63, 3.8) is 0 Å². The first-order valence-corrected chi connectivity index (χ1v) is 15.9. The van der Waals surface area contributed by atoms with Crippen LogP contribution in [0.15, 0.2) is 47.5 Å². The van der Waals surface area contributed by atoms with Gasteiger partial charge in [-0.15, -0.1) is 0 Å². The van der Waals surface area contributed by atoms with Crippen molar-refractivity contribution in [2.75, 3.05) is 13.7 Å². The van der Waals surface area contributed by atoms with Crippen LogP contribution < -0.4 is 10.3 Å². The van der Waals surface area contributed by atoms with Crippen LogP contribution in [0.4, 0.5) is 0 Å². The Labute approximate surface area is 217 Å². The summed E-state index contributed by atoms with van der Waals surface area (Å²) in [7, 11) is 1.77. The molecule has 0 saturated carbocycles. The first kappa shape index (κ1) is 26.4. The van der Waals surface area contributed by atoms with E-state index in [0.717, 1.165) is 17.2 Å². The number of aromatic nitrogens is 4. The second-order valence-electron chi connectivity index (χ2n) is 10.4. The van der Waals surface area contributed by atoms with Crippen molar-refractivity contribution in [1.82, 2.24) is 18.9 Å². The summed E-state index contributed by atoms with van der Waals surface area (Å²) in [5.74, 6) is 0.422. The van der Waals surface area contributed by atoms with Gasteiger partial charge < -0.3 is 23.3 Å². The first-order chi connectivity index (χ1) is 17.5. The van der Waals surface area contributed by atoms with Gasteiger partial charge in [-0.25, -0.2) is 4.79 Å². The Kier molecular flexibility index (Phi) is 7.42. The van der Waals surface area contributed by atoms with Crippen LogP contribution in [0.5, 0.6) is 11.6 Å². The Hall–Kier alpha value is -3.63. The zero-order chi connectivity index (χ0) is 26.9. The van der Waals surface area contributed by atoms with Gasteiger partial charge >= 0.3 is 5.97 Å². The molecule has 0 fully saturated rings. The van der Waals surface area contributed by atoms with Gasteiger partial charge in [-0.1, -0.05) is 37.8 Å². The van der Waals surface area contributed by atoms with Gasteiger partial charge in [0.2, 0.25) is 5.88 Å². The molecule has 0 N–H and O–H groups in total. The number of para-hydroxylation sites is 1. The zero-order valence-electron chi connectivity index (χ0n) is 22.5. The Morgan fingerprint density at radius 1 is 1.11 bits per heavy atom. The fourth-order valence-corrected chi connectivity index (χ4v) is 4.85. The Bertz CT molecular complexity index is 1490. The number of nitrogens with zero attached hydrogens (tertiary/aromatic N) is 4. The fourth-order valence-electron chi connectivity index (χ4n) is 4.09. The van der Waals surface area contributed by atoms with Gasteiger partial charge in [-0.3, -0.25) is 4.79 Å². The Morgan fingerprint density at radius 2 is 1.81 bits per heavy atom. The normalized spacial score (nSPS) is 11.8. The quantitative estimate of drug-likeness (QED) is 0.174. The summed E-state index contributed by atoms with van der Waals surface area (Å²) in [6.07, 6.45) is 3.52. The van der Waals surface area contributed by atoms with E-state index in [0.29, 0.717) is 34.8 Å². The highest BCUT2D eigenvalue weighted by molar-refractivity contribution is 6.76. The van der Waals surface area contributed by atoms with E-state index in [-0.39, 0.29) is 18.0 Å². The SMILES string of the molecule is COC(=O)c1cc(Oc2c(C)cccc2C)n(-c2cn(C)c(=O)c3c2ccn3COCC[Si](C)(C)C)n1. The number of rotatable bonds is 9. The lowest BCUT2D eigenvalue weighted by Gasteiger charge is -2.16. The molecule has 0 saturated heterocycles. The van der Waals surface area contributed by atoms with Crippen molar-refractivity contribution in [2.24, 2.45) is 7.05 Å². The third kappa shape index (κ3) is 5.54. The summed E-state index contributed by atoms with van der Waals surface area (Å²) in [6.45, 7) is 11.7. The largest absolute Gasteiger partial charge is 0.464 e. The number of hydrogen-bond acceptors (Lipinski definition) is 6. The molecule has 3 aromatic heterocycles. The summed E-state index contributed by atoms with van der Waals surface area (Å²) < 4.78 is 22.0. The number of ether oxygens (including phenoxy) is 3. The molecule has 9 nitrogen and oxygen atoms in total. The molecule has 4 rings (SSSR count). The van der Waals surface area contributed by atoms with E-state index in [1.165, 1.54) is 16.4 Å². The smallest absolute Gasteiger partial charge is 0.358 e. The third-order valence-corrected chi connectivity index (χ3v) is 7.92. The van der Waals surface area contributed by atoms with Crippen LogP contribution >= 0.6 is 0 Å². The predicted octanol–water partition coefficient (Wildman–Crippen LogP) is 5.03. The maximum Gasteiger partial charge on any atom is 0.358 e. The van der Waals surface area contributed by atoms with Gasteiger partial charge in [-0.2, -0.15) is 9.78 Å². The second-order valence-corrected chi connectivity index (χ2v) is 16.0. The fraction of sp³-hybridized carbons (Fsp3) is 0.370. The van der Waals surface area contributed by atoms with Gasteiger partial charge in [0, 0.05) is 45.6 Å². The number of aryl methyl sites for hydroxylation is 3. The van der Waals surface area contributed by atoms with Crippen molar-refractivity contribution in [1.29, 1.82) is 0 Å². The minimum atomic E-state index is -1.23. The van der Waals surface area contributed by atoms with Crippen molar-refractivity contribution in [3.8, 4) is 17.3 Å². The van der Waals surface area contributed by atoms with Crippen LogP contribution in [0.25, 0.3) is 16.6 Å². The van der Waals surface area contributed by atoms with E-state index in [1.807, 2.05) is 48.9 Å². The topological polar surface area (TPSA) is 89.5 Å². The van der Waals surface area contributed by atoms with Crippen LogP contribution in [0, 0.1) is 13.8 Å². The number of pyridine rings is 1. The lowest BCUT2D eigenvalue weighted by atomic mass is 10.1.